The van der Waals surface area contributed by atoms with Crippen LogP contribution in [0.1, 0.15) is 11.3 Å². The van der Waals surface area contributed by atoms with Gasteiger partial charge in [0.25, 0.3) is 0 Å². The smallest absolute Gasteiger partial charge is 0.244 e. The van der Waals surface area contributed by atoms with Gasteiger partial charge in [0.15, 0.2) is 11.6 Å². The molecular weight excluding hydrogens is 306 g/mol. The van der Waals surface area contributed by atoms with E-state index in [0.717, 1.165) is 24.3 Å². The Morgan fingerprint density at radius 3 is 2.54 bits per heavy atom. The number of fused-ring (bicyclic) bond motifs is 1. The summed E-state index contributed by atoms with van der Waals surface area (Å²) in [5.41, 5.74) is 1.73. The minimum absolute atomic E-state index is 0.552. The average molecular weight is 325 g/mol. The number of aryl methyl sites for hydroxylation is 1. The van der Waals surface area contributed by atoms with Crippen LogP contribution in [-0.2, 0) is 4.74 Å². The van der Waals surface area contributed by atoms with Gasteiger partial charge in [-0.3, -0.25) is 0 Å². The van der Waals surface area contributed by atoms with Crippen molar-refractivity contribution in [1.82, 2.24) is 9.97 Å². The molecule has 0 atom stereocenters. The van der Waals surface area contributed by atoms with Gasteiger partial charge in [0.1, 0.15) is 0 Å². The molecule has 0 bridgehead atoms. The number of benzene rings is 1. The standard InChI is InChI=1S/C17H19N5O2/c1-12-14-15(19-17(18-12)22-8-10-23-11-9-22)21(2)20-16(24-14)13-6-4-3-5-7-13/h3-7H,8-11H2,1-2H3. The highest BCUT2D eigenvalue weighted by molar-refractivity contribution is 5.98. The number of aromatic nitrogens is 2. The number of rotatable bonds is 2. The number of hydrazone groups is 1. The van der Waals surface area contributed by atoms with Gasteiger partial charge in [-0.2, -0.15) is 4.98 Å². The van der Waals surface area contributed by atoms with E-state index >= 15 is 0 Å². The van der Waals surface area contributed by atoms with E-state index in [4.69, 9.17) is 9.47 Å². The van der Waals surface area contributed by atoms with E-state index < -0.39 is 0 Å². The first kappa shape index (κ1) is 14.9. The molecule has 3 heterocycles. The fourth-order valence-corrected chi connectivity index (χ4v) is 2.77. The van der Waals surface area contributed by atoms with Crippen LogP contribution in [0.2, 0.25) is 0 Å². The highest BCUT2D eigenvalue weighted by Crippen LogP contribution is 2.34. The third-order valence-corrected chi connectivity index (χ3v) is 4.07. The van der Waals surface area contributed by atoms with Crippen LogP contribution in [0.15, 0.2) is 35.4 Å². The average Bonchev–Trinajstić information content (AvgIpc) is 2.63. The molecule has 0 radical (unpaired) electrons. The Hall–Kier alpha value is -2.67. The largest absolute Gasteiger partial charge is 0.431 e. The molecule has 1 fully saturated rings. The van der Waals surface area contributed by atoms with Gasteiger partial charge in [0.2, 0.25) is 11.8 Å². The molecule has 2 aliphatic heterocycles. The first-order valence-corrected chi connectivity index (χ1v) is 7.99. The topological polar surface area (TPSA) is 63.1 Å². The quantitative estimate of drug-likeness (QED) is 0.839. The highest BCUT2D eigenvalue weighted by Gasteiger charge is 2.26. The van der Waals surface area contributed by atoms with Gasteiger partial charge < -0.3 is 14.4 Å². The van der Waals surface area contributed by atoms with Crippen molar-refractivity contribution in [3.8, 4) is 5.75 Å². The Morgan fingerprint density at radius 2 is 1.79 bits per heavy atom. The molecule has 2 aromatic rings. The van der Waals surface area contributed by atoms with E-state index in [1.165, 1.54) is 0 Å². The minimum atomic E-state index is 0.552. The van der Waals surface area contributed by atoms with Crippen molar-refractivity contribution in [2.75, 3.05) is 43.3 Å². The molecule has 0 aliphatic carbocycles. The summed E-state index contributed by atoms with van der Waals surface area (Å²) >= 11 is 0. The number of morpholine rings is 1. The van der Waals surface area contributed by atoms with E-state index in [1.54, 1.807) is 5.01 Å². The number of hydrogen-bond donors (Lipinski definition) is 0. The Labute approximate surface area is 140 Å². The molecule has 1 aromatic heterocycles. The second kappa shape index (κ2) is 6.09. The van der Waals surface area contributed by atoms with Crippen LogP contribution in [0.3, 0.4) is 0 Å². The monoisotopic (exact) mass is 325 g/mol. The zero-order valence-corrected chi connectivity index (χ0v) is 13.8. The maximum atomic E-state index is 6.00. The zero-order valence-electron chi connectivity index (χ0n) is 13.8. The molecule has 0 unspecified atom stereocenters. The lowest BCUT2D eigenvalue weighted by molar-refractivity contribution is 0.122. The van der Waals surface area contributed by atoms with Crippen molar-refractivity contribution in [3.63, 3.8) is 0 Å². The summed E-state index contributed by atoms with van der Waals surface area (Å²) in [7, 11) is 1.87. The van der Waals surface area contributed by atoms with Crippen LogP contribution >= 0.6 is 0 Å². The second-order valence-electron chi connectivity index (χ2n) is 5.76. The lowest BCUT2D eigenvalue weighted by Gasteiger charge is -2.30. The molecule has 2 aliphatic rings. The van der Waals surface area contributed by atoms with E-state index in [0.29, 0.717) is 36.6 Å². The number of anilines is 2. The molecule has 1 aromatic carbocycles. The van der Waals surface area contributed by atoms with Crippen molar-refractivity contribution in [2.24, 2.45) is 5.10 Å². The summed E-state index contributed by atoms with van der Waals surface area (Å²) in [5.74, 6) is 2.59. The van der Waals surface area contributed by atoms with Crippen LogP contribution in [0.5, 0.6) is 5.75 Å². The molecule has 0 saturated carbocycles. The summed E-state index contributed by atoms with van der Waals surface area (Å²) in [6.07, 6.45) is 0. The third kappa shape index (κ3) is 2.67. The Morgan fingerprint density at radius 1 is 1.04 bits per heavy atom. The van der Waals surface area contributed by atoms with Crippen molar-refractivity contribution in [3.05, 3.63) is 41.6 Å². The molecule has 1 saturated heterocycles. The third-order valence-electron chi connectivity index (χ3n) is 4.07. The zero-order chi connectivity index (χ0) is 16.5. The molecule has 7 nitrogen and oxygen atoms in total. The Bertz CT molecular complexity index is 772. The van der Waals surface area contributed by atoms with Crippen LogP contribution < -0.4 is 14.6 Å². The number of hydrogen-bond acceptors (Lipinski definition) is 7. The molecule has 0 amide bonds. The van der Waals surface area contributed by atoms with Gasteiger partial charge in [-0.1, -0.05) is 18.2 Å². The lowest BCUT2D eigenvalue weighted by atomic mass is 10.2. The molecule has 4 rings (SSSR count). The van der Waals surface area contributed by atoms with Crippen molar-refractivity contribution in [2.45, 2.75) is 6.92 Å². The molecular formula is C17H19N5O2. The maximum absolute atomic E-state index is 6.00. The minimum Gasteiger partial charge on any atom is -0.431 e. The van der Waals surface area contributed by atoms with Crippen molar-refractivity contribution >= 4 is 17.7 Å². The first-order valence-electron chi connectivity index (χ1n) is 7.99. The summed E-state index contributed by atoms with van der Waals surface area (Å²) in [4.78, 5) is 11.4. The molecule has 0 N–H and O–H groups in total. The predicted molar refractivity (Wildman–Crippen MR) is 91.8 cm³/mol. The second-order valence-corrected chi connectivity index (χ2v) is 5.76. The normalized spacial score (nSPS) is 17.2. The predicted octanol–water partition coefficient (Wildman–Crippen LogP) is 1.81. The fraction of sp³-hybridized carbons (Fsp3) is 0.353. The van der Waals surface area contributed by atoms with Crippen LogP contribution in [0, 0.1) is 6.92 Å². The van der Waals surface area contributed by atoms with Crippen LogP contribution in [-0.4, -0.2) is 49.2 Å². The van der Waals surface area contributed by atoms with Gasteiger partial charge in [0, 0.05) is 25.7 Å². The van der Waals surface area contributed by atoms with Gasteiger partial charge >= 0.3 is 0 Å². The molecule has 0 spiro atoms. The van der Waals surface area contributed by atoms with E-state index in [2.05, 4.69) is 20.0 Å². The van der Waals surface area contributed by atoms with E-state index in [1.807, 2.05) is 44.3 Å². The van der Waals surface area contributed by atoms with Gasteiger partial charge in [-0.15, -0.1) is 5.10 Å². The van der Waals surface area contributed by atoms with Crippen molar-refractivity contribution < 1.29 is 9.47 Å². The summed E-state index contributed by atoms with van der Waals surface area (Å²) in [6.45, 7) is 4.92. The Kier molecular flexibility index (Phi) is 3.78. The van der Waals surface area contributed by atoms with Crippen LogP contribution in [0.25, 0.3) is 0 Å². The number of nitrogens with zero attached hydrogens (tertiary/aromatic N) is 5. The summed E-state index contributed by atoms with van der Waals surface area (Å²) < 4.78 is 11.4. The SMILES string of the molecule is Cc1nc(N2CCOCC2)nc2c1OC(c1ccccc1)=NN2C. The number of ether oxygens (including phenoxy) is 2. The van der Waals surface area contributed by atoms with E-state index in [9.17, 15) is 0 Å². The van der Waals surface area contributed by atoms with Gasteiger partial charge in [-0.25, -0.2) is 9.99 Å². The highest BCUT2D eigenvalue weighted by atomic mass is 16.5. The van der Waals surface area contributed by atoms with Crippen molar-refractivity contribution in [1.29, 1.82) is 0 Å². The van der Waals surface area contributed by atoms with Crippen LogP contribution in [0.4, 0.5) is 11.8 Å². The summed E-state index contributed by atoms with van der Waals surface area (Å²) in [5, 5.41) is 6.27. The Balaban J connectivity index is 1.69. The molecule has 124 valence electrons. The van der Waals surface area contributed by atoms with E-state index in [-0.39, 0.29) is 0 Å². The summed E-state index contributed by atoms with van der Waals surface area (Å²) in [6, 6.07) is 9.82. The first-order chi connectivity index (χ1) is 11.7. The molecule has 7 heteroatoms. The van der Waals surface area contributed by atoms with Gasteiger partial charge in [0.05, 0.1) is 18.9 Å². The molecule has 24 heavy (non-hydrogen) atoms. The maximum Gasteiger partial charge on any atom is 0.244 e. The lowest BCUT2D eigenvalue weighted by Crippen LogP contribution is -2.38. The fourth-order valence-electron chi connectivity index (χ4n) is 2.77. The van der Waals surface area contributed by atoms with Gasteiger partial charge in [-0.05, 0) is 19.1 Å².